The summed E-state index contributed by atoms with van der Waals surface area (Å²) in [4.78, 5) is 21.5. The number of carbonyl (C=O) groups is 1. The van der Waals surface area contributed by atoms with Crippen LogP contribution in [0.4, 0.5) is 0 Å². The summed E-state index contributed by atoms with van der Waals surface area (Å²) in [5.41, 5.74) is 4.61. The van der Waals surface area contributed by atoms with Crippen LogP contribution in [0.1, 0.15) is 35.6 Å². The highest BCUT2D eigenvalue weighted by Gasteiger charge is 2.21. The summed E-state index contributed by atoms with van der Waals surface area (Å²) in [6.45, 7) is 6.75. The molecule has 182 valence electrons. The first kappa shape index (κ1) is 23.2. The molecule has 0 spiro atoms. The fourth-order valence-corrected chi connectivity index (χ4v) is 4.55. The van der Waals surface area contributed by atoms with Gasteiger partial charge in [0, 0.05) is 44.0 Å². The maximum absolute atomic E-state index is 13.1. The zero-order valence-corrected chi connectivity index (χ0v) is 20.1. The highest BCUT2D eigenvalue weighted by molar-refractivity contribution is 5.76. The van der Waals surface area contributed by atoms with Crippen molar-refractivity contribution in [3.8, 4) is 17.2 Å². The minimum atomic E-state index is 0.136. The van der Waals surface area contributed by atoms with Gasteiger partial charge in [-0.3, -0.25) is 14.7 Å². The summed E-state index contributed by atoms with van der Waals surface area (Å²) >= 11 is 0. The molecular formula is C28H31N3O4. The maximum atomic E-state index is 13.1. The van der Waals surface area contributed by atoms with Crippen molar-refractivity contribution >= 4 is 5.91 Å². The highest BCUT2D eigenvalue weighted by Crippen LogP contribution is 2.33. The lowest BCUT2D eigenvalue weighted by Gasteiger charge is -2.22. The van der Waals surface area contributed by atoms with E-state index in [4.69, 9.17) is 14.2 Å². The van der Waals surface area contributed by atoms with E-state index in [1.807, 2.05) is 41.6 Å². The number of hydrogen-bond acceptors (Lipinski definition) is 6. The molecule has 0 aliphatic carbocycles. The number of carbonyl (C=O) groups excluding carboxylic acids is 1. The SMILES string of the molecule is CCN(Cc1ccncc1)Cc1ccc2c(c1)CN(C(=O)CCc1ccc3c(c1)OCO3)CCO2. The standard InChI is InChI=1S/C28H31N3O4/c1-2-30(17-22-9-11-29-12-10-22)18-23-4-6-25-24(15-23)19-31(13-14-33-25)28(32)8-5-21-3-7-26-27(16-21)35-20-34-26/h3-4,6-7,9-12,15-16H,2,5,8,13-14,17-20H2,1H3. The van der Waals surface area contributed by atoms with Crippen LogP contribution in [0.5, 0.6) is 17.2 Å². The molecule has 7 nitrogen and oxygen atoms in total. The van der Waals surface area contributed by atoms with Gasteiger partial charge < -0.3 is 19.1 Å². The summed E-state index contributed by atoms with van der Waals surface area (Å²) in [6.07, 6.45) is 4.78. The largest absolute Gasteiger partial charge is 0.491 e. The van der Waals surface area contributed by atoms with Crippen molar-refractivity contribution in [2.45, 2.75) is 39.4 Å². The van der Waals surface area contributed by atoms with Gasteiger partial charge in [-0.25, -0.2) is 0 Å². The number of hydrogen-bond donors (Lipinski definition) is 0. The van der Waals surface area contributed by atoms with Crippen LogP contribution in [0.2, 0.25) is 0 Å². The first-order chi connectivity index (χ1) is 17.2. The highest BCUT2D eigenvalue weighted by atomic mass is 16.7. The summed E-state index contributed by atoms with van der Waals surface area (Å²) in [6, 6.07) is 16.4. The molecule has 1 amide bonds. The Bertz CT molecular complexity index is 1170. The third-order valence-corrected chi connectivity index (χ3v) is 6.53. The third-order valence-electron chi connectivity index (χ3n) is 6.53. The molecule has 0 atom stereocenters. The summed E-state index contributed by atoms with van der Waals surface area (Å²) in [5, 5.41) is 0. The Balaban J connectivity index is 1.22. The number of benzene rings is 2. The molecule has 0 bridgehead atoms. The number of fused-ring (bicyclic) bond motifs is 2. The van der Waals surface area contributed by atoms with Crippen LogP contribution in [0.3, 0.4) is 0 Å². The number of nitrogens with zero attached hydrogens (tertiary/aromatic N) is 3. The molecule has 3 heterocycles. The molecule has 0 fully saturated rings. The molecule has 0 saturated heterocycles. The Morgan fingerprint density at radius 2 is 1.69 bits per heavy atom. The predicted molar refractivity (Wildman–Crippen MR) is 132 cm³/mol. The monoisotopic (exact) mass is 473 g/mol. The molecule has 2 aromatic carbocycles. The van der Waals surface area contributed by atoms with E-state index in [1.54, 1.807) is 0 Å². The van der Waals surface area contributed by atoms with E-state index in [-0.39, 0.29) is 12.7 Å². The molecule has 0 N–H and O–H groups in total. The number of aryl methyl sites for hydroxylation is 1. The number of ether oxygens (including phenoxy) is 3. The van der Waals surface area contributed by atoms with Crippen molar-refractivity contribution in [3.63, 3.8) is 0 Å². The minimum absolute atomic E-state index is 0.136. The van der Waals surface area contributed by atoms with Gasteiger partial charge in [0.1, 0.15) is 12.4 Å². The topological polar surface area (TPSA) is 64.1 Å². The van der Waals surface area contributed by atoms with Crippen LogP contribution in [0.15, 0.2) is 60.9 Å². The Kier molecular flexibility index (Phi) is 7.14. The molecular weight excluding hydrogens is 442 g/mol. The Morgan fingerprint density at radius 3 is 2.54 bits per heavy atom. The molecule has 2 aliphatic rings. The van der Waals surface area contributed by atoms with E-state index in [0.29, 0.717) is 32.5 Å². The average Bonchev–Trinajstić information content (AvgIpc) is 3.25. The Hall–Kier alpha value is -3.58. The first-order valence-electron chi connectivity index (χ1n) is 12.2. The zero-order valence-electron chi connectivity index (χ0n) is 20.1. The number of pyridine rings is 1. The van der Waals surface area contributed by atoms with Gasteiger partial charge in [0.05, 0.1) is 6.54 Å². The first-order valence-corrected chi connectivity index (χ1v) is 12.2. The van der Waals surface area contributed by atoms with Gasteiger partial charge in [0.25, 0.3) is 0 Å². The lowest BCUT2D eigenvalue weighted by atomic mass is 10.1. The van der Waals surface area contributed by atoms with Crippen molar-refractivity contribution in [2.24, 2.45) is 0 Å². The van der Waals surface area contributed by atoms with Crippen LogP contribution in [-0.4, -0.2) is 47.2 Å². The fourth-order valence-electron chi connectivity index (χ4n) is 4.55. The van der Waals surface area contributed by atoms with Gasteiger partial charge in [-0.1, -0.05) is 19.1 Å². The second-order valence-corrected chi connectivity index (χ2v) is 8.95. The molecule has 1 aromatic heterocycles. The van der Waals surface area contributed by atoms with Crippen LogP contribution in [0.25, 0.3) is 0 Å². The average molecular weight is 474 g/mol. The van der Waals surface area contributed by atoms with E-state index in [0.717, 1.165) is 48.0 Å². The van der Waals surface area contributed by atoms with E-state index in [2.05, 4.69) is 41.1 Å². The van der Waals surface area contributed by atoms with E-state index in [9.17, 15) is 4.79 Å². The lowest BCUT2D eigenvalue weighted by Crippen LogP contribution is -2.32. The Morgan fingerprint density at radius 1 is 0.914 bits per heavy atom. The molecule has 2 aliphatic heterocycles. The molecule has 5 rings (SSSR count). The van der Waals surface area contributed by atoms with Crippen LogP contribution < -0.4 is 14.2 Å². The molecule has 7 heteroatoms. The molecule has 3 aromatic rings. The zero-order chi connectivity index (χ0) is 24.0. The van der Waals surface area contributed by atoms with Gasteiger partial charge in [0.15, 0.2) is 11.5 Å². The van der Waals surface area contributed by atoms with Crippen LogP contribution in [0, 0.1) is 0 Å². The van der Waals surface area contributed by atoms with E-state index >= 15 is 0 Å². The van der Waals surface area contributed by atoms with Crippen molar-refractivity contribution in [1.29, 1.82) is 0 Å². The molecule has 0 radical (unpaired) electrons. The van der Waals surface area contributed by atoms with Crippen molar-refractivity contribution in [2.75, 3.05) is 26.5 Å². The van der Waals surface area contributed by atoms with Crippen molar-refractivity contribution in [3.05, 3.63) is 83.2 Å². The smallest absolute Gasteiger partial charge is 0.231 e. The van der Waals surface area contributed by atoms with Gasteiger partial charge in [-0.15, -0.1) is 0 Å². The van der Waals surface area contributed by atoms with E-state index in [1.165, 1.54) is 11.1 Å². The van der Waals surface area contributed by atoms with Gasteiger partial charge in [0.2, 0.25) is 12.7 Å². The Labute approximate surface area is 206 Å². The number of aromatic nitrogens is 1. The summed E-state index contributed by atoms with van der Waals surface area (Å²) < 4.78 is 16.8. The van der Waals surface area contributed by atoms with Gasteiger partial charge in [-0.2, -0.15) is 0 Å². The number of rotatable bonds is 8. The van der Waals surface area contributed by atoms with Gasteiger partial charge >= 0.3 is 0 Å². The maximum Gasteiger partial charge on any atom is 0.231 e. The predicted octanol–water partition coefficient (Wildman–Crippen LogP) is 4.19. The molecule has 0 unspecified atom stereocenters. The summed E-state index contributed by atoms with van der Waals surface area (Å²) in [5.74, 6) is 2.53. The minimum Gasteiger partial charge on any atom is -0.491 e. The fraction of sp³-hybridized carbons (Fsp3) is 0.357. The lowest BCUT2D eigenvalue weighted by molar-refractivity contribution is -0.131. The van der Waals surface area contributed by atoms with Gasteiger partial charge in [-0.05, 0) is 66.1 Å². The van der Waals surface area contributed by atoms with Crippen LogP contribution in [-0.2, 0) is 30.8 Å². The number of amides is 1. The molecule has 35 heavy (non-hydrogen) atoms. The third kappa shape index (κ3) is 5.74. The quantitative estimate of drug-likeness (QED) is 0.489. The van der Waals surface area contributed by atoms with Crippen LogP contribution >= 0.6 is 0 Å². The second kappa shape index (κ2) is 10.8. The van der Waals surface area contributed by atoms with Crippen molar-refractivity contribution in [1.82, 2.24) is 14.8 Å². The summed E-state index contributed by atoms with van der Waals surface area (Å²) in [7, 11) is 0. The molecule has 0 saturated carbocycles. The van der Waals surface area contributed by atoms with Crippen molar-refractivity contribution < 1.29 is 19.0 Å². The van der Waals surface area contributed by atoms with E-state index < -0.39 is 0 Å². The second-order valence-electron chi connectivity index (χ2n) is 8.95. The normalized spacial score (nSPS) is 14.4.